The van der Waals surface area contributed by atoms with Gasteiger partial charge in [-0.3, -0.25) is 4.98 Å². The lowest BCUT2D eigenvalue weighted by Gasteiger charge is -2.07. The molecule has 0 saturated carbocycles. The lowest BCUT2D eigenvalue weighted by atomic mass is 10.2. The first-order valence-corrected chi connectivity index (χ1v) is 6.18. The molecule has 0 radical (unpaired) electrons. The average molecular weight is 295 g/mol. The predicted molar refractivity (Wildman–Crippen MR) is 73.3 cm³/mol. The molecule has 0 unspecified atom stereocenters. The summed E-state index contributed by atoms with van der Waals surface area (Å²) in [6.45, 7) is 0.497. The molecular formula is C11H8Cl2N6. The molecule has 0 aromatic carbocycles. The number of nitrogens with zero attached hydrogens (tertiary/aromatic N) is 4. The molecule has 0 aliphatic carbocycles. The summed E-state index contributed by atoms with van der Waals surface area (Å²) in [5.41, 5.74) is 2.13. The van der Waals surface area contributed by atoms with Crippen molar-refractivity contribution in [1.82, 2.24) is 24.9 Å². The average Bonchev–Trinajstić information content (AvgIpc) is 2.85. The van der Waals surface area contributed by atoms with Gasteiger partial charge in [-0.25, -0.2) is 4.98 Å². The van der Waals surface area contributed by atoms with E-state index in [4.69, 9.17) is 23.2 Å². The highest BCUT2D eigenvalue weighted by Gasteiger charge is 2.09. The molecule has 3 rings (SSSR count). The summed E-state index contributed by atoms with van der Waals surface area (Å²) < 4.78 is 0. The van der Waals surface area contributed by atoms with E-state index in [1.807, 2.05) is 6.07 Å². The number of hydrogen-bond acceptors (Lipinski definition) is 5. The van der Waals surface area contributed by atoms with Gasteiger partial charge >= 0.3 is 0 Å². The highest BCUT2D eigenvalue weighted by Crippen LogP contribution is 2.20. The molecule has 0 amide bonds. The van der Waals surface area contributed by atoms with Crippen molar-refractivity contribution in [2.45, 2.75) is 6.54 Å². The Bertz CT molecular complexity index is 726. The van der Waals surface area contributed by atoms with Crippen molar-refractivity contribution in [1.29, 1.82) is 0 Å². The zero-order valence-corrected chi connectivity index (χ0v) is 11.1. The van der Waals surface area contributed by atoms with E-state index in [0.717, 1.165) is 5.56 Å². The molecule has 0 saturated heterocycles. The third-order valence-corrected chi connectivity index (χ3v) is 3.06. The van der Waals surface area contributed by atoms with Crippen LogP contribution in [0.4, 0.5) is 5.82 Å². The molecule has 0 atom stereocenters. The van der Waals surface area contributed by atoms with Gasteiger partial charge in [-0.2, -0.15) is 9.97 Å². The van der Waals surface area contributed by atoms with Crippen molar-refractivity contribution in [3.63, 3.8) is 0 Å². The second-order valence-corrected chi connectivity index (χ2v) is 4.51. The molecule has 0 aliphatic heterocycles. The summed E-state index contributed by atoms with van der Waals surface area (Å²) in [6, 6.07) is 1.83. The fraction of sp³-hybridized carbons (Fsp3) is 0.0909. The van der Waals surface area contributed by atoms with Crippen LogP contribution in [-0.4, -0.2) is 24.9 Å². The maximum atomic E-state index is 6.04. The Morgan fingerprint density at radius 2 is 2.16 bits per heavy atom. The van der Waals surface area contributed by atoms with Crippen LogP contribution in [0.2, 0.25) is 10.3 Å². The first-order valence-electron chi connectivity index (χ1n) is 5.43. The monoisotopic (exact) mass is 294 g/mol. The number of pyridine rings is 1. The Balaban J connectivity index is 1.90. The van der Waals surface area contributed by atoms with Gasteiger partial charge in [0.05, 0.1) is 11.3 Å². The molecule has 8 heteroatoms. The summed E-state index contributed by atoms with van der Waals surface area (Å²) in [5.74, 6) is 0.559. The number of fused-ring (bicyclic) bond motifs is 1. The number of aromatic amines is 1. The van der Waals surface area contributed by atoms with Gasteiger partial charge in [0, 0.05) is 18.9 Å². The van der Waals surface area contributed by atoms with Crippen LogP contribution in [0.5, 0.6) is 0 Å². The number of rotatable bonds is 3. The lowest BCUT2D eigenvalue weighted by molar-refractivity contribution is 1.09. The number of halogens is 2. The fourth-order valence-corrected chi connectivity index (χ4v) is 2.01. The molecule has 3 heterocycles. The molecular weight excluding hydrogens is 287 g/mol. The highest BCUT2D eigenvalue weighted by molar-refractivity contribution is 6.31. The molecule has 19 heavy (non-hydrogen) atoms. The minimum Gasteiger partial charge on any atom is -0.364 e. The Kier molecular flexibility index (Phi) is 3.18. The summed E-state index contributed by atoms with van der Waals surface area (Å²) in [5, 5.41) is 3.89. The molecule has 0 aliphatic rings. The van der Waals surface area contributed by atoms with E-state index < -0.39 is 0 Å². The Labute approximate surface area is 118 Å². The topological polar surface area (TPSA) is 79.4 Å². The fourth-order valence-electron chi connectivity index (χ4n) is 1.66. The molecule has 0 bridgehead atoms. The first kappa shape index (κ1) is 12.1. The quantitative estimate of drug-likeness (QED) is 0.726. The number of aromatic nitrogens is 5. The largest absolute Gasteiger partial charge is 0.364 e. The van der Waals surface area contributed by atoms with Crippen molar-refractivity contribution in [2.24, 2.45) is 0 Å². The van der Waals surface area contributed by atoms with E-state index in [-0.39, 0.29) is 5.28 Å². The van der Waals surface area contributed by atoms with Crippen molar-refractivity contribution in [3.05, 3.63) is 40.7 Å². The van der Waals surface area contributed by atoms with Crippen molar-refractivity contribution < 1.29 is 0 Å². The van der Waals surface area contributed by atoms with E-state index in [9.17, 15) is 0 Å². The molecule has 6 nitrogen and oxygen atoms in total. The van der Waals surface area contributed by atoms with Gasteiger partial charge in [0.1, 0.15) is 5.52 Å². The molecule has 2 N–H and O–H groups in total. The van der Waals surface area contributed by atoms with E-state index in [1.165, 1.54) is 0 Å². The van der Waals surface area contributed by atoms with Crippen LogP contribution in [0.25, 0.3) is 11.2 Å². The van der Waals surface area contributed by atoms with Crippen LogP contribution in [0.3, 0.4) is 0 Å². The van der Waals surface area contributed by atoms with Gasteiger partial charge in [-0.1, -0.05) is 11.6 Å². The Morgan fingerprint density at radius 1 is 1.26 bits per heavy atom. The number of nitrogens with one attached hydrogen (secondary N) is 2. The van der Waals surface area contributed by atoms with Crippen LogP contribution >= 0.6 is 23.2 Å². The smallest absolute Gasteiger partial charge is 0.226 e. The minimum atomic E-state index is 0.153. The second kappa shape index (κ2) is 4.99. The highest BCUT2D eigenvalue weighted by atomic mass is 35.5. The maximum absolute atomic E-state index is 6.04. The van der Waals surface area contributed by atoms with Gasteiger partial charge in [0.15, 0.2) is 11.5 Å². The number of imidazole rings is 1. The number of anilines is 1. The molecule has 96 valence electrons. The normalized spacial score (nSPS) is 10.8. The summed E-state index contributed by atoms with van der Waals surface area (Å²) >= 11 is 11.9. The van der Waals surface area contributed by atoms with Crippen molar-refractivity contribution in [3.8, 4) is 0 Å². The zero-order valence-electron chi connectivity index (χ0n) is 9.56. The minimum absolute atomic E-state index is 0.153. The summed E-state index contributed by atoms with van der Waals surface area (Å²) in [4.78, 5) is 19.1. The van der Waals surface area contributed by atoms with Crippen molar-refractivity contribution in [2.75, 3.05) is 5.32 Å². The van der Waals surface area contributed by atoms with Crippen LogP contribution in [0.1, 0.15) is 5.56 Å². The summed E-state index contributed by atoms with van der Waals surface area (Å²) in [6.07, 6.45) is 4.82. The maximum Gasteiger partial charge on any atom is 0.226 e. The van der Waals surface area contributed by atoms with Crippen LogP contribution < -0.4 is 5.32 Å². The SMILES string of the molecule is Clc1nc(NCc2ccncc2Cl)c2nc[nH]c2n1. The van der Waals surface area contributed by atoms with E-state index in [0.29, 0.717) is 28.5 Å². The molecule has 3 aromatic heterocycles. The first-order chi connectivity index (χ1) is 9.24. The van der Waals surface area contributed by atoms with E-state index in [1.54, 1.807) is 18.7 Å². The second-order valence-electron chi connectivity index (χ2n) is 3.76. The zero-order chi connectivity index (χ0) is 13.2. The molecule has 0 fully saturated rings. The predicted octanol–water partition coefficient (Wildman–Crippen LogP) is 2.67. The van der Waals surface area contributed by atoms with Crippen molar-refractivity contribution >= 4 is 40.2 Å². The van der Waals surface area contributed by atoms with Gasteiger partial charge in [-0.15, -0.1) is 0 Å². The van der Waals surface area contributed by atoms with Gasteiger partial charge < -0.3 is 10.3 Å². The molecule has 0 spiro atoms. The standard InChI is InChI=1S/C11H8Cl2N6/c12-7-4-14-2-1-6(7)3-15-9-8-10(17-5-16-8)19-11(13)18-9/h1-2,4-5H,3H2,(H2,15,16,17,18,19). The molecule has 3 aromatic rings. The van der Waals surface area contributed by atoms with Crippen LogP contribution in [0.15, 0.2) is 24.8 Å². The van der Waals surface area contributed by atoms with E-state index >= 15 is 0 Å². The van der Waals surface area contributed by atoms with Crippen LogP contribution in [-0.2, 0) is 6.54 Å². The number of hydrogen-bond donors (Lipinski definition) is 2. The van der Waals surface area contributed by atoms with Gasteiger partial charge in [0.25, 0.3) is 0 Å². The Hall–Kier alpha value is -1.92. The Morgan fingerprint density at radius 3 is 3.00 bits per heavy atom. The van der Waals surface area contributed by atoms with Gasteiger partial charge in [-0.05, 0) is 23.2 Å². The van der Waals surface area contributed by atoms with Gasteiger partial charge in [0.2, 0.25) is 5.28 Å². The third-order valence-electron chi connectivity index (χ3n) is 2.55. The van der Waals surface area contributed by atoms with E-state index in [2.05, 4.69) is 30.2 Å². The summed E-state index contributed by atoms with van der Waals surface area (Å²) in [7, 11) is 0. The number of H-pyrrole nitrogens is 1. The lowest BCUT2D eigenvalue weighted by Crippen LogP contribution is -2.04. The third kappa shape index (κ3) is 2.45. The van der Waals surface area contributed by atoms with Crippen LogP contribution in [0, 0.1) is 0 Å².